The van der Waals surface area contributed by atoms with E-state index in [-0.39, 0.29) is 6.61 Å². The molecule has 0 bridgehead atoms. The number of ether oxygens (including phenoxy) is 2. The molecule has 1 rings (SSSR count). The van der Waals surface area contributed by atoms with Gasteiger partial charge in [-0.05, 0) is 48.6 Å². The third-order valence-electron chi connectivity index (χ3n) is 3.96. The molecular formula is C20H34O7S. The number of rotatable bonds is 16. The van der Waals surface area contributed by atoms with Gasteiger partial charge in [-0.1, -0.05) is 51.3 Å². The van der Waals surface area contributed by atoms with E-state index in [1.807, 2.05) is 12.1 Å². The summed E-state index contributed by atoms with van der Waals surface area (Å²) in [6, 6.07) is 7.21. The molecule has 0 aliphatic heterocycles. The standard InChI is InChI=1S/C20H34O7S/c1-5-23-20(24-6-2)16-25-28(21,22)27-26-19-15-11-10-14-18(19)13-9-7-8-12-17(3)4/h10-11,14-15,17,20H,5-9,12-13,16H2,1-4H3. The van der Waals surface area contributed by atoms with E-state index in [0.29, 0.717) is 24.9 Å². The first-order valence-corrected chi connectivity index (χ1v) is 11.3. The van der Waals surface area contributed by atoms with Crippen molar-refractivity contribution in [1.29, 1.82) is 0 Å². The van der Waals surface area contributed by atoms with E-state index in [9.17, 15) is 8.42 Å². The molecule has 0 spiro atoms. The Bertz CT molecular complexity index is 625. The molecule has 1 aromatic rings. The van der Waals surface area contributed by atoms with Gasteiger partial charge in [0.15, 0.2) is 12.0 Å². The van der Waals surface area contributed by atoms with Gasteiger partial charge in [-0.3, -0.25) is 0 Å². The topological polar surface area (TPSA) is 80.3 Å². The number of aryl methyl sites for hydroxylation is 1. The van der Waals surface area contributed by atoms with Gasteiger partial charge < -0.3 is 14.4 Å². The molecule has 28 heavy (non-hydrogen) atoms. The van der Waals surface area contributed by atoms with Crippen LogP contribution in [0.1, 0.15) is 58.9 Å². The van der Waals surface area contributed by atoms with Crippen LogP contribution in [0, 0.1) is 5.92 Å². The number of unbranched alkanes of at least 4 members (excludes halogenated alkanes) is 2. The first kappa shape index (κ1) is 24.8. The van der Waals surface area contributed by atoms with Crippen LogP contribution < -0.4 is 4.89 Å². The van der Waals surface area contributed by atoms with Crippen molar-refractivity contribution in [2.75, 3.05) is 19.8 Å². The van der Waals surface area contributed by atoms with E-state index < -0.39 is 16.7 Å². The van der Waals surface area contributed by atoms with Crippen LogP contribution in [0.5, 0.6) is 5.75 Å². The Balaban J connectivity index is 2.49. The Hall–Kier alpha value is -1.19. The third-order valence-corrected chi connectivity index (χ3v) is 4.62. The van der Waals surface area contributed by atoms with Crippen LogP contribution in [0.2, 0.25) is 0 Å². The van der Waals surface area contributed by atoms with Crippen molar-refractivity contribution in [3.05, 3.63) is 29.8 Å². The molecule has 0 atom stereocenters. The van der Waals surface area contributed by atoms with Gasteiger partial charge >= 0.3 is 10.4 Å². The lowest BCUT2D eigenvalue weighted by Gasteiger charge is -2.16. The average Bonchev–Trinajstić information content (AvgIpc) is 2.65. The minimum absolute atomic E-state index is 0.315. The Morgan fingerprint density at radius 2 is 1.64 bits per heavy atom. The van der Waals surface area contributed by atoms with Crippen LogP contribution in [-0.2, 0) is 34.8 Å². The summed E-state index contributed by atoms with van der Waals surface area (Å²) in [5.41, 5.74) is 0.892. The quantitative estimate of drug-likeness (QED) is 0.170. The molecule has 0 aliphatic carbocycles. The molecule has 0 aliphatic rings. The van der Waals surface area contributed by atoms with Crippen molar-refractivity contribution in [3.8, 4) is 5.75 Å². The predicted octanol–water partition coefficient (Wildman–Crippen LogP) is 4.42. The predicted molar refractivity (Wildman–Crippen MR) is 107 cm³/mol. The number of para-hydroxylation sites is 1. The Morgan fingerprint density at radius 3 is 2.29 bits per heavy atom. The number of hydrogen-bond acceptors (Lipinski definition) is 7. The zero-order valence-corrected chi connectivity index (χ0v) is 18.2. The monoisotopic (exact) mass is 418 g/mol. The lowest BCUT2D eigenvalue weighted by Crippen LogP contribution is -2.26. The van der Waals surface area contributed by atoms with Crippen LogP contribution in [0.15, 0.2) is 24.3 Å². The largest absolute Gasteiger partial charge is 0.435 e. The molecule has 0 unspecified atom stereocenters. The second-order valence-electron chi connectivity index (χ2n) is 6.79. The molecule has 0 saturated carbocycles. The molecule has 0 heterocycles. The fourth-order valence-corrected chi connectivity index (χ4v) is 3.06. The summed E-state index contributed by atoms with van der Waals surface area (Å²) >= 11 is 0. The molecular weight excluding hydrogens is 384 g/mol. The summed E-state index contributed by atoms with van der Waals surface area (Å²) in [4.78, 5) is 5.05. The maximum absolute atomic E-state index is 11.9. The van der Waals surface area contributed by atoms with E-state index in [1.165, 1.54) is 12.8 Å². The molecule has 0 amide bonds. The molecule has 0 aromatic heterocycles. The highest BCUT2D eigenvalue weighted by molar-refractivity contribution is 7.81. The SMILES string of the molecule is CCOC(COS(=O)(=O)OOc1ccccc1CCCCCC(C)C)OCC. The van der Waals surface area contributed by atoms with Gasteiger partial charge in [-0.25, -0.2) is 4.18 Å². The van der Waals surface area contributed by atoms with Gasteiger partial charge in [0.1, 0.15) is 6.61 Å². The van der Waals surface area contributed by atoms with Crippen molar-refractivity contribution < 1.29 is 31.3 Å². The first-order valence-electron chi connectivity index (χ1n) is 9.94. The molecule has 0 fully saturated rings. The molecule has 162 valence electrons. The Kier molecular flexibility index (Phi) is 12.3. The summed E-state index contributed by atoms with van der Waals surface area (Å²) < 4.78 is 43.6. The normalized spacial score (nSPS) is 12.1. The summed E-state index contributed by atoms with van der Waals surface area (Å²) in [6.07, 6.45) is 4.51. The maximum atomic E-state index is 11.9. The lowest BCUT2D eigenvalue weighted by atomic mass is 10.0. The smallest absolute Gasteiger partial charge is 0.350 e. The van der Waals surface area contributed by atoms with Gasteiger partial charge in [0.2, 0.25) is 0 Å². The van der Waals surface area contributed by atoms with Crippen LogP contribution >= 0.6 is 0 Å². The van der Waals surface area contributed by atoms with Crippen LogP contribution in [0.4, 0.5) is 0 Å². The highest BCUT2D eigenvalue weighted by atomic mass is 32.3. The molecule has 7 nitrogen and oxygen atoms in total. The van der Waals surface area contributed by atoms with Gasteiger partial charge in [0, 0.05) is 13.2 Å². The number of hydrogen-bond donors (Lipinski definition) is 0. The van der Waals surface area contributed by atoms with Crippen molar-refractivity contribution in [1.82, 2.24) is 0 Å². The van der Waals surface area contributed by atoms with Crippen molar-refractivity contribution in [2.24, 2.45) is 5.92 Å². The van der Waals surface area contributed by atoms with E-state index in [0.717, 1.165) is 24.8 Å². The van der Waals surface area contributed by atoms with E-state index >= 15 is 0 Å². The molecule has 1 aromatic carbocycles. The minimum Gasteiger partial charge on any atom is -0.350 e. The van der Waals surface area contributed by atoms with E-state index in [4.69, 9.17) is 18.5 Å². The Labute approximate surface area is 169 Å². The third kappa shape index (κ3) is 11.0. The Morgan fingerprint density at radius 1 is 0.964 bits per heavy atom. The highest BCUT2D eigenvalue weighted by Crippen LogP contribution is 2.22. The fraction of sp³-hybridized carbons (Fsp3) is 0.700. The molecule has 8 heteroatoms. The van der Waals surface area contributed by atoms with E-state index in [2.05, 4.69) is 18.2 Å². The minimum atomic E-state index is -4.35. The zero-order valence-electron chi connectivity index (χ0n) is 17.4. The van der Waals surface area contributed by atoms with Crippen LogP contribution in [0.25, 0.3) is 0 Å². The van der Waals surface area contributed by atoms with Crippen LogP contribution in [0.3, 0.4) is 0 Å². The molecule has 0 N–H and O–H groups in total. The molecule has 0 radical (unpaired) electrons. The van der Waals surface area contributed by atoms with Gasteiger partial charge in [0.05, 0.1) is 0 Å². The maximum Gasteiger partial charge on any atom is 0.435 e. The highest BCUT2D eigenvalue weighted by Gasteiger charge is 2.20. The lowest BCUT2D eigenvalue weighted by molar-refractivity contribution is -0.160. The van der Waals surface area contributed by atoms with Crippen molar-refractivity contribution in [2.45, 2.75) is 66.1 Å². The zero-order chi connectivity index (χ0) is 20.8. The van der Waals surface area contributed by atoms with E-state index in [1.54, 1.807) is 26.0 Å². The van der Waals surface area contributed by atoms with Crippen molar-refractivity contribution in [3.63, 3.8) is 0 Å². The second-order valence-corrected chi connectivity index (χ2v) is 7.97. The van der Waals surface area contributed by atoms with Crippen molar-refractivity contribution >= 4 is 10.4 Å². The number of benzene rings is 1. The van der Waals surface area contributed by atoms with Gasteiger partial charge in [-0.15, -0.1) is 0 Å². The average molecular weight is 419 g/mol. The second kappa shape index (κ2) is 13.9. The van der Waals surface area contributed by atoms with Crippen LogP contribution in [-0.4, -0.2) is 34.5 Å². The van der Waals surface area contributed by atoms with Gasteiger partial charge in [0.25, 0.3) is 0 Å². The summed E-state index contributed by atoms with van der Waals surface area (Å²) in [5.74, 6) is 1.07. The molecule has 0 saturated heterocycles. The summed E-state index contributed by atoms with van der Waals surface area (Å²) in [5, 5.41) is 0. The first-order chi connectivity index (χ1) is 13.4. The summed E-state index contributed by atoms with van der Waals surface area (Å²) in [7, 11) is -4.35. The summed E-state index contributed by atoms with van der Waals surface area (Å²) in [6.45, 7) is 8.42. The van der Waals surface area contributed by atoms with Gasteiger partial charge in [-0.2, -0.15) is 8.42 Å². The fourth-order valence-electron chi connectivity index (χ4n) is 2.59.